The molecule has 25 heavy (non-hydrogen) atoms. The second-order valence-corrected chi connectivity index (χ2v) is 6.78. The van der Waals surface area contributed by atoms with E-state index < -0.39 is 0 Å². The van der Waals surface area contributed by atoms with Crippen LogP contribution in [-0.2, 0) is 16.0 Å². The first-order valence-corrected chi connectivity index (χ1v) is 9.38. The summed E-state index contributed by atoms with van der Waals surface area (Å²) in [5, 5.41) is 3.41. The molecule has 1 aromatic carbocycles. The lowest BCUT2D eigenvalue weighted by atomic mass is 10.1. The number of ether oxygens (including phenoxy) is 1. The molecular weight excluding hydrogens is 314 g/mol. The molecule has 1 N–H and O–H groups in total. The molecule has 0 aromatic heterocycles. The number of likely N-dealkylation sites (N-methyl/N-ethyl adjacent to an activating group) is 1. The number of piperazine rings is 1. The zero-order valence-electron chi connectivity index (χ0n) is 15.1. The number of hydrogen-bond acceptors (Lipinski definition) is 4. The van der Waals surface area contributed by atoms with E-state index >= 15 is 0 Å². The van der Waals surface area contributed by atoms with Gasteiger partial charge in [-0.25, -0.2) is 0 Å². The highest BCUT2D eigenvalue weighted by Gasteiger charge is 2.20. The second-order valence-electron chi connectivity index (χ2n) is 6.78. The van der Waals surface area contributed by atoms with Crippen LogP contribution in [0.3, 0.4) is 0 Å². The van der Waals surface area contributed by atoms with Crippen LogP contribution in [-0.4, -0.2) is 61.1 Å². The second kappa shape index (κ2) is 8.90. The van der Waals surface area contributed by atoms with E-state index in [9.17, 15) is 4.79 Å². The standard InChI is InChI=1S/C20H29N3O2/c1-2-22-10-12-23(13-11-22)20(24)15-17-6-8-18(9-7-17)21-16-19-5-3-4-14-25-19/h4,6-9,14,19,21H,2-3,5,10-13,15-16H2,1H3/t19-/m1/s1. The average Bonchev–Trinajstić information content (AvgIpc) is 2.68. The van der Waals surface area contributed by atoms with Crippen molar-refractivity contribution in [1.29, 1.82) is 0 Å². The summed E-state index contributed by atoms with van der Waals surface area (Å²) in [7, 11) is 0. The fraction of sp³-hybridized carbons (Fsp3) is 0.550. The summed E-state index contributed by atoms with van der Waals surface area (Å²) < 4.78 is 5.56. The van der Waals surface area contributed by atoms with E-state index in [1.165, 1.54) is 0 Å². The van der Waals surface area contributed by atoms with Crippen LogP contribution >= 0.6 is 0 Å². The predicted octanol–water partition coefficient (Wildman–Crippen LogP) is 2.50. The number of nitrogens with one attached hydrogen (secondary N) is 1. The highest BCUT2D eigenvalue weighted by atomic mass is 16.5. The first-order valence-electron chi connectivity index (χ1n) is 9.38. The molecule has 5 nitrogen and oxygen atoms in total. The summed E-state index contributed by atoms with van der Waals surface area (Å²) in [6.45, 7) is 7.73. The molecule has 1 fully saturated rings. The molecular formula is C20H29N3O2. The van der Waals surface area contributed by atoms with E-state index in [2.05, 4.69) is 35.3 Å². The van der Waals surface area contributed by atoms with Crippen molar-refractivity contribution in [3.05, 3.63) is 42.2 Å². The quantitative estimate of drug-likeness (QED) is 0.862. The number of nitrogens with zero attached hydrogens (tertiary/aromatic N) is 2. The lowest BCUT2D eigenvalue weighted by molar-refractivity contribution is -0.132. The van der Waals surface area contributed by atoms with Gasteiger partial charge in [-0.15, -0.1) is 0 Å². The van der Waals surface area contributed by atoms with Gasteiger partial charge in [-0.3, -0.25) is 4.79 Å². The first-order chi connectivity index (χ1) is 12.2. The van der Waals surface area contributed by atoms with E-state index in [0.29, 0.717) is 6.42 Å². The Hall–Kier alpha value is -2.01. The molecule has 3 rings (SSSR count). The molecule has 5 heteroatoms. The molecule has 2 aliphatic heterocycles. The van der Waals surface area contributed by atoms with Crippen LogP contribution in [0.4, 0.5) is 5.69 Å². The average molecular weight is 343 g/mol. The number of allylic oxidation sites excluding steroid dienone is 1. The Morgan fingerprint density at radius 1 is 1.20 bits per heavy atom. The Labute approximate surface area is 150 Å². The molecule has 136 valence electrons. The highest BCUT2D eigenvalue weighted by Crippen LogP contribution is 2.14. The van der Waals surface area contributed by atoms with Crippen molar-refractivity contribution < 1.29 is 9.53 Å². The van der Waals surface area contributed by atoms with Gasteiger partial charge in [0.05, 0.1) is 19.2 Å². The Bertz CT molecular complexity index is 577. The van der Waals surface area contributed by atoms with Crippen LogP contribution in [0.1, 0.15) is 25.3 Å². The van der Waals surface area contributed by atoms with Crippen LogP contribution in [0, 0.1) is 0 Å². The summed E-state index contributed by atoms with van der Waals surface area (Å²) in [6.07, 6.45) is 6.73. The molecule has 1 aromatic rings. The molecule has 0 spiro atoms. The summed E-state index contributed by atoms with van der Waals surface area (Å²) in [5.41, 5.74) is 2.15. The van der Waals surface area contributed by atoms with E-state index in [4.69, 9.17) is 4.74 Å². The van der Waals surface area contributed by atoms with Gasteiger partial charge in [0.15, 0.2) is 0 Å². The van der Waals surface area contributed by atoms with Gasteiger partial charge in [0.2, 0.25) is 5.91 Å². The van der Waals surface area contributed by atoms with Crippen LogP contribution < -0.4 is 5.32 Å². The maximum absolute atomic E-state index is 12.4. The largest absolute Gasteiger partial charge is 0.497 e. The number of hydrogen-bond donors (Lipinski definition) is 1. The van der Waals surface area contributed by atoms with Gasteiger partial charge >= 0.3 is 0 Å². The zero-order valence-corrected chi connectivity index (χ0v) is 15.1. The monoisotopic (exact) mass is 343 g/mol. The zero-order chi connectivity index (χ0) is 17.5. The summed E-state index contributed by atoms with van der Waals surface area (Å²) in [5.74, 6) is 0.235. The molecule has 1 saturated heterocycles. The third kappa shape index (κ3) is 5.23. The molecule has 2 aliphatic rings. The Kier molecular flexibility index (Phi) is 6.34. The Morgan fingerprint density at radius 2 is 1.96 bits per heavy atom. The van der Waals surface area contributed by atoms with Crippen molar-refractivity contribution in [1.82, 2.24) is 9.80 Å². The summed E-state index contributed by atoms with van der Waals surface area (Å²) in [4.78, 5) is 16.8. The van der Waals surface area contributed by atoms with Gasteiger partial charge in [-0.2, -0.15) is 0 Å². The van der Waals surface area contributed by atoms with Crippen molar-refractivity contribution in [3.63, 3.8) is 0 Å². The lowest BCUT2D eigenvalue weighted by Gasteiger charge is -2.34. The predicted molar refractivity (Wildman–Crippen MR) is 101 cm³/mol. The van der Waals surface area contributed by atoms with Crippen LogP contribution in [0.25, 0.3) is 0 Å². The Balaban J connectivity index is 1.44. The fourth-order valence-electron chi connectivity index (χ4n) is 3.31. The summed E-state index contributed by atoms with van der Waals surface area (Å²) in [6, 6.07) is 8.20. The van der Waals surface area contributed by atoms with Crippen LogP contribution in [0.15, 0.2) is 36.6 Å². The van der Waals surface area contributed by atoms with Gasteiger partial charge in [0.1, 0.15) is 6.10 Å². The minimum atomic E-state index is 0.235. The number of benzene rings is 1. The van der Waals surface area contributed by atoms with Gasteiger partial charge in [-0.05, 0) is 43.2 Å². The van der Waals surface area contributed by atoms with Crippen molar-refractivity contribution in [3.8, 4) is 0 Å². The maximum atomic E-state index is 12.4. The number of carbonyl (C=O) groups is 1. The molecule has 1 amide bonds. The smallest absolute Gasteiger partial charge is 0.227 e. The molecule has 2 heterocycles. The van der Waals surface area contributed by atoms with Gasteiger partial charge < -0.3 is 19.9 Å². The minimum absolute atomic E-state index is 0.235. The normalized spacial score (nSPS) is 21.0. The molecule has 0 bridgehead atoms. The van der Waals surface area contributed by atoms with Gasteiger partial charge in [0, 0.05) is 31.9 Å². The SMILES string of the molecule is CCN1CCN(C(=O)Cc2ccc(NC[C@H]3CCC=CO3)cc2)CC1. The fourth-order valence-corrected chi connectivity index (χ4v) is 3.31. The molecule has 1 atom stereocenters. The Morgan fingerprint density at radius 3 is 2.60 bits per heavy atom. The molecule has 0 saturated carbocycles. The number of anilines is 1. The molecule has 0 radical (unpaired) electrons. The molecule has 0 aliphatic carbocycles. The van der Waals surface area contributed by atoms with Crippen molar-refractivity contribution in [2.24, 2.45) is 0 Å². The summed E-state index contributed by atoms with van der Waals surface area (Å²) >= 11 is 0. The first kappa shape index (κ1) is 17.8. The number of amides is 1. The molecule has 0 unspecified atom stereocenters. The van der Waals surface area contributed by atoms with E-state index in [1.54, 1.807) is 6.26 Å². The van der Waals surface area contributed by atoms with Gasteiger partial charge in [-0.1, -0.05) is 19.1 Å². The van der Waals surface area contributed by atoms with Crippen LogP contribution in [0.2, 0.25) is 0 Å². The third-order valence-corrected chi connectivity index (χ3v) is 5.04. The van der Waals surface area contributed by atoms with Crippen molar-refractivity contribution >= 4 is 11.6 Å². The van der Waals surface area contributed by atoms with E-state index in [1.807, 2.05) is 17.0 Å². The minimum Gasteiger partial charge on any atom is -0.497 e. The van der Waals surface area contributed by atoms with E-state index in [0.717, 1.165) is 63.4 Å². The lowest BCUT2D eigenvalue weighted by Crippen LogP contribution is -2.48. The number of carbonyl (C=O) groups excluding carboxylic acids is 1. The topological polar surface area (TPSA) is 44.8 Å². The third-order valence-electron chi connectivity index (χ3n) is 5.04. The van der Waals surface area contributed by atoms with E-state index in [-0.39, 0.29) is 12.0 Å². The van der Waals surface area contributed by atoms with Crippen LogP contribution in [0.5, 0.6) is 0 Å². The van der Waals surface area contributed by atoms with Crippen molar-refractivity contribution in [2.75, 3.05) is 44.6 Å². The van der Waals surface area contributed by atoms with Crippen molar-refractivity contribution in [2.45, 2.75) is 32.3 Å². The number of rotatable bonds is 6. The maximum Gasteiger partial charge on any atom is 0.227 e. The highest BCUT2D eigenvalue weighted by molar-refractivity contribution is 5.79. The van der Waals surface area contributed by atoms with Gasteiger partial charge in [0.25, 0.3) is 0 Å².